The molecule has 0 amide bonds. The molecule has 66 valence electrons. The first kappa shape index (κ1) is 9.92. The van der Waals surface area contributed by atoms with Crippen molar-refractivity contribution >= 4 is 27.5 Å². The van der Waals surface area contributed by atoms with E-state index in [0.717, 1.165) is 0 Å². The van der Waals surface area contributed by atoms with Crippen LogP contribution in [0.3, 0.4) is 0 Å². The summed E-state index contributed by atoms with van der Waals surface area (Å²) in [5, 5.41) is 9.74. The largest absolute Gasteiger partial charge is 0.387 e. The molecule has 0 aliphatic heterocycles. The number of hydrogen-bond acceptors (Lipinski definition) is 3. The first-order valence-corrected chi connectivity index (χ1v) is 4.51. The molecule has 0 bridgehead atoms. The summed E-state index contributed by atoms with van der Waals surface area (Å²) in [5.41, 5.74) is 5.95. The molecule has 0 radical (unpaired) electrons. The van der Waals surface area contributed by atoms with Crippen LogP contribution in [0.2, 0.25) is 5.15 Å². The van der Waals surface area contributed by atoms with Crippen molar-refractivity contribution in [3.8, 4) is 0 Å². The smallest absolute Gasteiger partial charge is 0.129 e. The number of aromatic nitrogens is 1. The van der Waals surface area contributed by atoms with Crippen LogP contribution in [0.15, 0.2) is 16.7 Å². The van der Waals surface area contributed by atoms with Gasteiger partial charge in [-0.3, -0.25) is 0 Å². The summed E-state index contributed by atoms with van der Waals surface area (Å²) in [7, 11) is 0. The predicted molar refractivity (Wildman–Crippen MR) is 51.0 cm³/mol. The van der Waals surface area contributed by atoms with Gasteiger partial charge >= 0.3 is 0 Å². The van der Waals surface area contributed by atoms with E-state index in [1.165, 1.54) is 6.20 Å². The normalized spacial score (nSPS) is 13.0. The number of rotatable bonds is 2. The average Bonchev–Trinajstić information content (AvgIpc) is 2.08. The molecule has 0 aliphatic carbocycles. The highest BCUT2D eigenvalue weighted by molar-refractivity contribution is 9.10. The maximum Gasteiger partial charge on any atom is 0.129 e. The summed E-state index contributed by atoms with van der Waals surface area (Å²) in [4.78, 5) is 3.82. The maximum atomic E-state index is 9.39. The second-order valence-electron chi connectivity index (χ2n) is 2.28. The fraction of sp³-hybridized carbons (Fsp3) is 0.286. The van der Waals surface area contributed by atoms with Gasteiger partial charge in [-0.2, -0.15) is 0 Å². The van der Waals surface area contributed by atoms with Gasteiger partial charge in [0, 0.05) is 22.8 Å². The SMILES string of the molecule is NCC(O)c1cc(Cl)ncc1Br. The molecule has 1 unspecified atom stereocenters. The Hall–Kier alpha value is -0.160. The van der Waals surface area contributed by atoms with E-state index in [9.17, 15) is 5.11 Å². The van der Waals surface area contributed by atoms with Gasteiger partial charge in [-0.25, -0.2) is 4.98 Å². The zero-order valence-corrected chi connectivity index (χ0v) is 8.51. The summed E-state index contributed by atoms with van der Waals surface area (Å²) < 4.78 is 0.713. The van der Waals surface area contributed by atoms with Gasteiger partial charge in [-0.05, 0) is 22.0 Å². The second kappa shape index (κ2) is 4.18. The molecule has 0 saturated heterocycles. The van der Waals surface area contributed by atoms with E-state index in [2.05, 4.69) is 20.9 Å². The minimum Gasteiger partial charge on any atom is -0.387 e. The van der Waals surface area contributed by atoms with Crippen LogP contribution in [0.4, 0.5) is 0 Å². The summed E-state index contributed by atoms with van der Waals surface area (Å²) in [6, 6.07) is 1.59. The molecule has 1 atom stereocenters. The van der Waals surface area contributed by atoms with Gasteiger partial charge in [0.05, 0.1) is 6.10 Å². The van der Waals surface area contributed by atoms with Crippen molar-refractivity contribution in [1.29, 1.82) is 0 Å². The van der Waals surface area contributed by atoms with Crippen molar-refractivity contribution in [2.75, 3.05) is 6.54 Å². The molecule has 0 aromatic carbocycles. The lowest BCUT2D eigenvalue weighted by Crippen LogP contribution is -2.12. The van der Waals surface area contributed by atoms with E-state index in [4.69, 9.17) is 17.3 Å². The van der Waals surface area contributed by atoms with Crippen LogP contribution >= 0.6 is 27.5 Å². The molecule has 1 aromatic heterocycles. The molecule has 0 spiro atoms. The maximum absolute atomic E-state index is 9.39. The third-order valence-corrected chi connectivity index (χ3v) is 2.30. The Labute approximate surface area is 83.7 Å². The van der Waals surface area contributed by atoms with Crippen molar-refractivity contribution in [2.24, 2.45) is 5.73 Å². The number of pyridine rings is 1. The van der Waals surface area contributed by atoms with E-state index in [-0.39, 0.29) is 6.54 Å². The van der Waals surface area contributed by atoms with Crippen molar-refractivity contribution in [3.63, 3.8) is 0 Å². The standard InChI is InChI=1S/C7H8BrClN2O/c8-5-3-11-7(9)1-4(5)6(12)2-10/h1,3,6,12H,2,10H2. The summed E-state index contributed by atoms with van der Waals surface area (Å²) in [6.45, 7) is 0.166. The lowest BCUT2D eigenvalue weighted by molar-refractivity contribution is 0.186. The van der Waals surface area contributed by atoms with Gasteiger partial charge in [-0.15, -0.1) is 0 Å². The Morgan fingerprint density at radius 1 is 1.75 bits per heavy atom. The highest BCUT2D eigenvalue weighted by Gasteiger charge is 2.09. The molecule has 0 saturated carbocycles. The Kier molecular flexibility index (Phi) is 3.46. The fourth-order valence-corrected chi connectivity index (χ4v) is 1.46. The molecule has 5 heteroatoms. The predicted octanol–water partition coefficient (Wildman–Crippen LogP) is 1.49. The monoisotopic (exact) mass is 250 g/mol. The Bertz CT molecular complexity index is 282. The average molecular weight is 252 g/mol. The fourth-order valence-electron chi connectivity index (χ4n) is 0.810. The van der Waals surface area contributed by atoms with Crippen LogP contribution in [-0.2, 0) is 0 Å². The summed E-state index contributed by atoms with van der Waals surface area (Å²) in [6.07, 6.45) is 0.844. The van der Waals surface area contributed by atoms with E-state index < -0.39 is 6.10 Å². The minimum absolute atomic E-state index is 0.166. The molecule has 1 heterocycles. The van der Waals surface area contributed by atoms with Crippen molar-refractivity contribution in [1.82, 2.24) is 4.98 Å². The van der Waals surface area contributed by atoms with Gasteiger partial charge in [0.2, 0.25) is 0 Å². The first-order chi connectivity index (χ1) is 5.65. The molecule has 3 nitrogen and oxygen atoms in total. The Morgan fingerprint density at radius 2 is 2.42 bits per heavy atom. The quantitative estimate of drug-likeness (QED) is 0.783. The zero-order chi connectivity index (χ0) is 9.14. The topological polar surface area (TPSA) is 59.1 Å². The molecular weight excluding hydrogens is 243 g/mol. The number of nitrogens with two attached hydrogens (primary N) is 1. The molecule has 3 N–H and O–H groups in total. The van der Waals surface area contributed by atoms with Crippen molar-refractivity contribution < 1.29 is 5.11 Å². The second-order valence-corrected chi connectivity index (χ2v) is 3.52. The van der Waals surface area contributed by atoms with E-state index >= 15 is 0 Å². The van der Waals surface area contributed by atoms with Crippen LogP contribution in [0.25, 0.3) is 0 Å². The molecule has 0 fully saturated rings. The van der Waals surface area contributed by atoms with Crippen LogP contribution in [0, 0.1) is 0 Å². The van der Waals surface area contributed by atoms with Gasteiger partial charge < -0.3 is 10.8 Å². The third kappa shape index (κ3) is 2.17. The van der Waals surface area contributed by atoms with E-state index in [0.29, 0.717) is 15.2 Å². The van der Waals surface area contributed by atoms with Crippen LogP contribution in [-0.4, -0.2) is 16.6 Å². The van der Waals surface area contributed by atoms with Crippen LogP contribution < -0.4 is 5.73 Å². The Balaban J connectivity index is 3.04. The molecule has 1 aromatic rings. The summed E-state index contributed by atoms with van der Waals surface area (Å²) in [5.74, 6) is 0. The highest BCUT2D eigenvalue weighted by atomic mass is 79.9. The van der Waals surface area contributed by atoms with E-state index in [1.54, 1.807) is 6.07 Å². The lowest BCUT2D eigenvalue weighted by atomic mass is 10.1. The molecule has 1 rings (SSSR count). The number of nitrogens with zero attached hydrogens (tertiary/aromatic N) is 1. The van der Waals surface area contributed by atoms with Crippen LogP contribution in [0.1, 0.15) is 11.7 Å². The minimum atomic E-state index is -0.695. The van der Waals surface area contributed by atoms with Gasteiger partial charge in [-0.1, -0.05) is 11.6 Å². The van der Waals surface area contributed by atoms with Gasteiger partial charge in [0.1, 0.15) is 5.15 Å². The third-order valence-electron chi connectivity index (χ3n) is 1.43. The lowest BCUT2D eigenvalue weighted by Gasteiger charge is -2.09. The van der Waals surface area contributed by atoms with Crippen molar-refractivity contribution in [2.45, 2.75) is 6.10 Å². The molecule has 0 aliphatic rings. The highest BCUT2D eigenvalue weighted by Crippen LogP contribution is 2.24. The Morgan fingerprint density at radius 3 is 3.00 bits per heavy atom. The first-order valence-electron chi connectivity index (χ1n) is 3.34. The number of halogens is 2. The van der Waals surface area contributed by atoms with Crippen LogP contribution in [0.5, 0.6) is 0 Å². The number of aliphatic hydroxyl groups is 1. The van der Waals surface area contributed by atoms with Crippen molar-refractivity contribution in [3.05, 3.63) is 27.5 Å². The van der Waals surface area contributed by atoms with E-state index in [1.807, 2.05) is 0 Å². The zero-order valence-electron chi connectivity index (χ0n) is 6.17. The van der Waals surface area contributed by atoms with Gasteiger partial charge in [0.15, 0.2) is 0 Å². The molecule has 12 heavy (non-hydrogen) atoms. The molecular formula is C7H8BrClN2O. The summed E-state index contributed by atoms with van der Waals surface area (Å²) >= 11 is 8.87. The number of hydrogen-bond donors (Lipinski definition) is 2. The number of aliphatic hydroxyl groups excluding tert-OH is 1. The van der Waals surface area contributed by atoms with Gasteiger partial charge in [0.25, 0.3) is 0 Å².